The molecule has 1 fully saturated rings. The number of esters is 1. The number of rotatable bonds is 2. The van der Waals surface area contributed by atoms with E-state index in [1.54, 1.807) is 6.92 Å². The van der Waals surface area contributed by atoms with E-state index in [0.29, 0.717) is 5.92 Å². The van der Waals surface area contributed by atoms with Crippen LogP contribution in [0.15, 0.2) is 11.1 Å². The first-order valence-corrected chi connectivity index (χ1v) is 5.08. The van der Waals surface area contributed by atoms with Crippen LogP contribution in [0.3, 0.4) is 0 Å². The summed E-state index contributed by atoms with van der Waals surface area (Å²) in [6.45, 7) is 1.54. The number of fused-ring (bicyclic) bond motifs is 2. The van der Waals surface area contributed by atoms with Crippen molar-refractivity contribution in [2.75, 3.05) is 7.11 Å². The zero-order valence-corrected chi connectivity index (χ0v) is 8.67. The number of aliphatic hydroxyl groups is 1. The summed E-state index contributed by atoms with van der Waals surface area (Å²) in [6, 6.07) is 0. The van der Waals surface area contributed by atoms with Gasteiger partial charge in [-0.05, 0) is 44.1 Å². The number of methoxy groups -OCH3 is 1. The van der Waals surface area contributed by atoms with Crippen molar-refractivity contribution >= 4 is 5.97 Å². The first kappa shape index (κ1) is 9.71. The van der Waals surface area contributed by atoms with Crippen molar-refractivity contribution in [1.82, 2.24) is 0 Å². The Kier molecular flexibility index (Phi) is 2.14. The van der Waals surface area contributed by atoms with Crippen LogP contribution in [0.1, 0.15) is 32.6 Å². The molecule has 0 aromatic heterocycles. The van der Waals surface area contributed by atoms with Gasteiger partial charge in [-0.15, -0.1) is 0 Å². The molecule has 3 nitrogen and oxygen atoms in total. The summed E-state index contributed by atoms with van der Waals surface area (Å²) in [4.78, 5) is 11.4. The number of hydrogen-bond donors (Lipinski definition) is 1. The van der Waals surface area contributed by atoms with Gasteiger partial charge in [0.05, 0.1) is 7.11 Å². The van der Waals surface area contributed by atoms with Crippen molar-refractivity contribution in [2.24, 2.45) is 5.92 Å². The maximum atomic E-state index is 11.4. The maximum absolute atomic E-state index is 11.4. The lowest BCUT2D eigenvalue weighted by Gasteiger charge is -2.25. The summed E-state index contributed by atoms with van der Waals surface area (Å²) in [5, 5.41) is 10.1. The number of carbonyl (C=O) groups is 1. The van der Waals surface area contributed by atoms with Gasteiger partial charge in [-0.3, -0.25) is 0 Å². The smallest absolute Gasteiger partial charge is 0.341 e. The van der Waals surface area contributed by atoms with Gasteiger partial charge in [0.15, 0.2) is 5.60 Å². The average molecular weight is 196 g/mol. The second kappa shape index (κ2) is 3.09. The molecule has 3 heteroatoms. The minimum atomic E-state index is -1.39. The number of allylic oxidation sites excluding steroid dienone is 1. The number of ether oxygens (including phenoxy) is 1. The van der Waals surface area contributed by atoms with Crippen molar-refractivity contribution in [2.45, 2.75) is 38.2 Å². The lowest BCUT2D eigenvalue weighted by Crippen LogP contribution is -2.39. The van der Waals surface area contributed by atoms with Gasteiger partial charge in [0.1, 0.15) is 0 Å². The molecule has 0 spiro atoms. The zero-order chi connectivity index (χ0) is 10.3. The molecular weight excluding hydrogens is 180 g/mol. The summed E-state index contributed by atoms with van der Waals surface area (Å²) in [7, 11) is 1.31. The van der Waals surface area contributed by atoms with Gasteiger partial charge in [-0.1, -0.05) is 5.57 Å². The second-order valence-corrected chi connectivity index (χ2v) is 4.46. The molecule has 0 aromatic rings. The highest BCUT2D eigenvalue weighted by Gasteiger charge is 2.43. The minimum Gasteiger partial charge on any atom is -0.467 e. The van der Waals surface area contributed by atoms with E-state index >= 15 is 0 Å². The van der Waals surface area contributed by atoms with Gasteiger partial charge < -0.3 is 9.84 Å². The molecular formula is C11H16O3. The molecule has 1 saturated carbocycles. The Morgan fingerprint density at radius 2 is 2.29 bits per heavy atom. The Hall–Kier alpha value is -0.830. The minimum absolute atomic E-state index is 0.535. The molecule has 1 N–H and O–H groups in total. The summed E-state index contributed by atoms with van der Waals surface area (Å²) >= 11 is 0. The van der Waals surface area contributed by atoms with Crippen LogP contribution in [0, 0.1) is 5.92 Å². The van der Waals surface area contributed by atoms with Crippen LogP contribution in [0.4, 0.5) is 0 Å². The third-order valence-electron chi connectivity index (χ3n) is 3.48. The monoisotopic (exact) mass is 196 g/mol. The lowest BCUT2D eigenvalue weighted by atomic mass is 9.87. The molecule has 0 saturated heterocycles. The molecule has 2 unspecified atom stereocenters. The molecule has 0 amide bonds. The van der Waals surface area contributed by atoms with Crippen LogP contribution in [-0.2, 0) is 9.53 Å². The van der Waals surface area contributed by atoms with Gasteiger partial charge >= 0.3 is 5.97 Å². The topological polar surface area (TPSA) is 46.5 Å². The summed E-state index contributed by atoms with van der Waals surface area (Å²) in [6.07, 6.45) is 4.21. The third kappa shape index (κ3) is 1.27. The SMILES string of the molecule is COC(=O)C(C)(O)C1=C2CCC(C2)C1. The summed E-state index contributed by atoms with van der Waals surface area (Å²) in [5.41, 5.74) is 0.810. The third-order valence-corrected chi connectivity index (χ3v) is 3.48. The largest absolute Gasteiger partial charge is 0.467 e. The molecule has 2 aliphatic carbocycles. The van der Waals surface area contributed by atoms with Crippen LogP contribution in [-0.4, -0.2) is 23.8 Å². The van der Waals surface area contributed by atoms with E-state index in [4.69, 9.17) is 0 Å². The normalized spacial score (nSPS) is 29.2. The Labute approximate surface area is 83.8 Å². The first-order valence-electron chi connectivity index (χ1n) is 5.08. The molecule has 0 aromatic carbocycles. The van der Waals surface area contributed by atoms with E-state index in [9.17, 15) is 9.90 Å². The van der Waals surface area contributed by atoms with E-state index in [1.807, 2.05) is 0 Å². The molecule has 2 aliphatic rings. The van der Waals surface area contributed by atoms with Crippen molar-refractivity contribution < 1.29 is 14.6 Å². The van der Waals surface area contributed by atoms with E-state index < -0.39 is 11.6 Å². The molecule has 0 heterocycles. The fraction of sp³-hybridized carbons (Fsp3) is 0.727. The molecule has 78 valence electrons. The van der Waals surface area contributed by atoms with Gasteiger partial charge in [0.25, 0.3) is 0 Å². The van der Waals surface area contributed by atoms with Gasteiger partial charge in [0, 0.05) is 0 Å². The lowest BCUT2D eigenvalue weighted by molar-refractivity contribution is -0.156. The maximum Gasteiger partial charge on any atom is 0.341 e. The molecule has 2 atom stereocenters. The van der Waals surface area contributed by atoms with Crippen LogP contribution >= 0.6 is 0 Å². The van der Waals surface area contributed by atoms with Crippen LogP contribution in [0.5, 0.6) is 0 Å². The zero-order valence-electron chi connectivity index (χ0n) is 8.67. The van der Waals surface area contributed by atoms with Crippen LogP contribution in [0.25, 0.3) is 0 Å². The van der Waals surface area contributed by atoms with Gasteiger partial charge in [-0.2, -0.15) is 0 Å². The fourth-order valence-electron chi connectivity index (χ4n) is 2.68. The standard InChI is InChI=1S/C11H16O3/c1-11(13,10(12)14-2)9-6-7-3-4-8(9)5-7/h7,13H,3-6H2,1-2H3. The Morgan fingerprint density at radius 3 is 2.71 bits per heavy atom. The highest BCUT2D eigenvalue weighted by atomic mass is 16.5. The van der Waals surface area contributed by atoms with Crippen molar-refractivity contribution in [3.05, 3.63) is 11.1 Å². The molecule has 14 heavy (non-hydrogen) atoms. The van der Waals surface area contributed by atoms with Crippen molar-refractivity contribution in [3.8, 4) is 0 Å². The highest BCUT2D eigenvalue weighted by molar-refractivity contribution is 5.83. The number of carbonyl (C=O) groups excluding carboxylic acids is 1. The van der Waals surface area contributed by atoms with Crippen LogP contribution in [0.2, 0.25) is 0 Å². The highest BCUT2D eigenvalue weighted by Crippen LogP contribution is 2.47. The van der Waals surface area contributed by atoms with E-state index in [1.165, 1.54) is 19.1 Å². The second-order valence-electron chi connectivity index (χ2n) is 4.46. The molecule has 2 bridgehead atoms. The summed E-state index contributed by atoms with van der Waals surface area (Å²) < 4.78 is 4.61. The Balaban J connectivity index is 2.27. The van der Waals surface area contributed by atoms with Crippen molar-refractivity contribution in [3.63, 3.8) is 0 Å². The summed E-state index contributed by atoms with van der Waals surface area (Å²) in [5.74, 6) is 0.128. The Morgan fingerprint density at radius 1 is 1.57 bits per heavy atom. The van der Waals surface area contributed by atoms with Gasteiger partial charge in [0.2, 0.25) is 0 Å². The first-order chi connectivity index (χ1) is 6.55. The quantitative estimate of drug-likeness (QED) is 0.536. The van der Waals surface area contributed by atoms with Crippen molar-refractivity contribution in [1.29, 1.82) is 0 Å². The predicted octanol–water partition coefficient (Wildman–Crippen LogP) is 1.41. The molecule has 0 aliphatic heterocycles. The Bertz CT molecular complexity index is 302. The van der Waals surface area contributed by atoms with E-state index in [-0.39, 0.29) is 0 Å². The van der Waals surface area contributed by atoms with Gasteiger partial charge in [-0.25, -0.2) is 4.79 Å². The predicted molar refractivity (Wildman–Crippen MR) is 51.6 cm³/mol. The molecule has 0 radical (unpaired) electrons. The number of hydrogen-bond acceptors (Lipinski definition) is 3. The molecule has 2 rings (SSSR count). The van der Waals surface area contributed by atoms with E-state index in [0.717, 1.165) is 24.8 Å². The fourth-order valence-corrected chi connectivity index (χ4v) is 2.68. The van der Waals surface area contributed by atoms with Crippen LogP contribution < -0.4 is 0 Å². The average Bonchev–Trinajstić information content (AvgIpc) is 2.77. The van der Waals surface area contributed by atoms with E-state index in [2.05, 4.69) is 4.74 Å².